The lowest BCUT2D eigenvalue weighted by Gasteiger charge is -2.18. The Labute approximate surface area is 91.5 Å². The largest absolute Gasteiger partial charge is 0.294 e. The van der Waals surface area contributed by atoms with Gasteiger partial charge < -0.3 is 0 Å². The molecule has 1 aromatic carbocycles. The number of carbonyl (C=O) groups excluding carboxylic acids is 1. The summed E-state index contributed by atoms with van der Waals surface area (Å²) in [6.07, 6.45) is 2.84. The van der Waals surface area contributed by atoms with Crippen molar-refractivity contribution in [1.29, 1.82) is 0 Å². The predicted octanol–water partition coefficient (Wildman–Crippen LogP) is 3.48. The topological polar surface area (TPSA) is 17.1 Å². The number of hydrogen-bond donors (Lipinski definition) is 0. The number of rotatable bonds is 1. The molecule has 1 aromatic rings. The van der Waals surface area contributed by atoms with E-state index >= 15 is 0 Å². The van der Waals surface area contributed by atoms with Crippen molar-refractivity contribution in [2.75, 3.05) is 0 Å². The molecule has 0 fully saturated rings. The van der Waals surface area contributed by atoms with Gasteiger partial charge in [-0.3, -0.25) is 4.79 Å². The lowest BCUT2D eigenvalue weighted by Crippen LogP contribution is -2.10. The summed E-state index contributed by atoms with van der Waals surface area (Å²) in [6, 6.07) is 8.08. The molecule has 0 heterocycles. The Kier molecular flexibility index (Phi) is 2.90. The van der Waals surface area contributed by atoms with Gasteiger partial charge in [0.1, 0.15) is 0 Å². The zero-order valence-corrected chi connectivity index (χ0v) is 9.49. The van der Waals surface area contributed by atoms with Crippen LogP contribution in [-0.2, 0) is 6.42 Å². The molecule has 0 radical (unpaired) electrons. The summed E-state index contributed by atoms with van der Waals surface area (Å²) >= 11 is 0. The minimum atomic E-state index is 0.328. The van der Waals surface area contributed by atoms with Crippen LogP contribution in [0.1, 0.15) is 42.6 Å². The lowest BCUT2D eigenvalue weighted by atomic mass is 9.87. The van der Waals surface area contributed by atoms with Crippen LogP contribution in [0.3, 0.4) is 0 Å². The van der Waals surface area contributed by atoms with Crippen LogP contribution in [0.2, 0.25) is 0 Å². The van der Waals surface area contributed by atoms with Gasteiger partial charge in [-0.1, -0.05) is 38.1 Å². The van der Waals surface area contributed by atoms with Gasteiger partial charge in [0.25, 0.3) is 0 Å². The first-order valence-electron chi connectivity index (χ1n) is 5.79. The van der Waals surface area contributed by atoms with Crippen LogP contribution >= 0.6 is 0 Å². The van der Waals surface area contributed by atoms with E-state index in [1.54, 1.807) is 0 Å². The highest BCUT2D eigenvalue weighted by Crippen LogP contribution is 2.28. The summed E-state index contributed by atoms with van der Waals surface area (Å²) in [5, 5.41) is 0. The van der Waals surface area contributed by atoms with Crippen molar-refractivity contribution in [3.05, 3.63) is 35.4 Å². The molecule has 0 saturated carbocycles. The third-order valence-electron chi connectivity index (χ3n) is 3.48. The molecule has 0 aliphatic heterocycles. The molecule has 1 unspecified atom stereocenters. The Morgan fingerprint density at radius 3 is 2.73 bits per heavy atom. The Bertz CT molecular complexity index is 365. The maximum Gasteiger partial charge on any atom is 0.163 e. The quantitative estimate of drug-likeness (QED) is 0.637. The number of hydrogen-bond acceptors (Lipinski definition) is 1. The van der Waals surface area contributed by atoms with Crippen molar-refractivity contribution in [3.8, 4) is 0 Å². The fourth-order valence-corrected chi connectivity index (χ4v) is 2.38. The normalized spacial score (nSPS) is 21.3. The Morgan fingerprint density at radius 2 is 2.00 bits per heavy atom. The van der Waals surface area contributed by atoms with E-state index in [0.29, 0.717) is 17.6 Å². The molecule has 0 saturated heterocycles. The highest BCUT2D eigenvalue weighted by atomic mass is 16.1. The number of Topliss-reactive ketones (excluding diaryl/α,β-unsaturated/α-hetero) is 1. The number of ketones is 1. The van der Waals surface area contributed by atoms with Crippen LogP contribution in [0, 0.1) is 11.8 Å². The minimum Gasteiger partial charge on any atom is -0.294 e. The predicted molar refractivity (Wildman–Crippen MR) is 62.0 cm³/mol. The summed E-state index contributed by atoms with van der Waals surface area (Å²) < 4.78 is 0. The fraction of sp³-hybridized carbons (Fsp3) is 0.500. The summed E-state index contributed by atoms with van der Waals surface area (Å²) in [6.45, 7) is 4.51. The SMILES string of the molecule is CC(C)C1CCC(=O)c2ccccc2C1. The van der Waals surface area contributed by atoms with E-state index in [1.807, 2.05) is 18.2 Å². The van der Waals surface area contributed by atoms with Crippen LogP contribution < -0.4 is 0 Å². The standard InChI is InChI=1S/C14H18O/c1-10(2)11-7-8-14(15)13-6-4-3-5-12(13)9-11/h3-6,10-11H,7-9H2,1-2H3. The van der Waals surface area contributed by atoms with E-state index in [9.17, 15) is 4.79 Å². The molecule has 1 heteroatoms. The molecule has 0 amide bonds. The third kappa shape index (κ3) is 2.11. The van der Waals surface area contributed by atoms with Crippen molar-refractivity contribution in [1.82, 2.24) is 0 Å². The number of benzene rings is 1. The van der Waals surface area contributed by atoms with Gasteiger partial charge in [0.15, 0.2) is 5.78 Å². The van der Waals surface area contributed by atoms with Gasteiger partial charge >= 0.3 is 0 Å². The molecule has 1 nitrogen and oxygen atoms in total. The van der Waals surface area contributed by atoms with Crippen LogP contribution in [0.25, 0.3) is 0 Å². The van der Waals surface area contributed by atoms with E-state index in [2.05, 4.69) is 19.9 Å². The molecular formula is C14H18O. The van der Waals surface area contributed by atoms with Gasteiger partial charge in [0.2, 0.25) is 0 Å². The van der Waals surface area contributed by atoms with Gasteiger partial charge in [-0.05, 0) is 30.2 Å². The molecule has 80 valence electrons. The van der Waals surface area contributed by atoms with Gasteiger partial charge in [0.05, 0.1) is 0 Å². The smallest absolute Gasteiger partial charge is 0.163 e. The third-order valence-corrected chi connectivity index (χ3v) is 3.48. The van der Waals surface area contributed by atoms with Gasteiger partial charge in [-0.15, -0.1) is 0 Å². The van der Waals surface area contributed by atoms with Gasteiger partial charge in [-0.2, -0.15) is 0 Å². The molecule has 0 aromatic heterocycles. The van der Waals surface area contributed by atoms with Crippen molar-refractivity contribution in [3.63, 3.8) is 0 Å². The number of fused-ring (bicyclic) bond motifs is 1. The van der Waals surface area contributed by atoms with E-state index in [-0.39, 0.29) is 0 Å². The molecular weight excluding hydrogens is 184 g/mol. The highest BCUT2D eigenvalue weighted by Gasteiger charge is 2.23. The molecule has 1 aliphatic rings. The first-order chi connectivity index (χ1) is 7.18. The lowest BCUT2D eigenvalue weighted by molar-refractivity contribution is 0.0976. The Balaban J connectivity index is 2.33. The minimum absolute atomic E-state index is 0.328. The molecule has 0 bridgehead atoms. The average molecular weight is 202 g/mol. The van der Waals surface area contributed by atoms with Crippen molar-refractivity contribution in [2.24, 2.45) is 11.8 Å². The zero-order valence-electron chi connectivity index (χ0n) is 9.49. The first-order valence-corrected chi connectivity index (χ1v) is 5.79. The van der Waals surface area contributed by atoms with Crippen molar-refractivity contribution < 1.29 is 4.79 Å². The monoisotopic (exact) mass is 202 g/mol. The van der Waals surface area contributed by atoms with Crippen LogP contribution in [-0.4, -0.2) is 5.78 Å². The average Bonchev–Trinajstić information content (AvgIpc) is 2.39. The fourth-order valence-electron chi connectivity index (χ4n) is 2.38. The summed E-state index contributed by atoms with van der Waals surface area (Å²) in [5.74, 6) is 1.66. The van der Waals surface area contributed by atoms with Crippen molar-refractivity contribution >= 4 is 5.78 Å². The van der Waals surface area contributed by atoms with Crippen LogP contribution in [0.15, 0.2) is 24.3 Å². The Morgan fingerprint density at radius 1 is 1.27 bits per heavy atom. The number of carbonyl (C=O) groups is 1. The summed E-state index contributed by atoms with van der Waals surface area (Å²) in [5.41, 5.74) is 2.21. The molecule has 2 rings (SSSR count). The summed E-state index contributed by atoms with van der Waals surface area (Å²) in [7, 11) is 0. The molecule has 1 atom stereocenters. The van der Waals surface area contributed by atoms with Gasteiger partial charge in [-0.25, -0.2) is 0 Å². The van der Waals surface area contributed by atoms with E-state index in [1.165, 1.54) is 5.56 Å². The highest BCUT2D eigenvalue weighted by molar-refractivity contribution is 5.97. The Hall–Kier alpha value is -1.11. The maximum atomic E-state index is 11.9. The maximum absolute atomic E-state index is 11.9. The molecule has 15 heavy (non-hydrogen) atoms. The zero-order chi connectivity index (χ0) is 10.8. The second-order valence-corrected chi connectivity index (χ2v) is 4.83. The van der Waals surface area contributed by atoms with Gasteiger partial charge in [0, 0.05) is 12.0 Å². The first kappa shape index (κ1) is 10.4. The summed E-state index contributed by atoms with van der Waals surface area (Å²) in [4.78, 5) is 11.9. The second-order valence-electron chi connectivity index (χ2n) is 4.83. The van der Waals surface area contributed by atoms with Crippen LogP contribution in [0.4, 0.5) is 0 Å². The molecule has 1 aliphatic carbocycles. The molecule has 0 spiro atoms. The van der Waals surface area contributed by atoms with E-state index in [4.69, 9.17) is 0 Å². The second kappa shape index (κ2) is 4.18. The molecule has 0 N–H and O–H groups in total. The van der Waals surface area contributed by atoms with E-state index in [0.717, 1.165) is 24.8 Å². The van der Waals surface area contributed by atoms with Crippen molar-refractivity contribution in [2.45, 2.75) is 33.1 Å². The van der Waals surface area contributed by atoms with Crippen LogP contribution in [0.5, 0.6) is 0 Å². The van der Waals surface area contributed by atoms with E-state index < -0.39 is 0 Å².